The van der Waals surface area contributed by atoms with Crippen molar-refractivity contribution in [1.82, 2.24) is 4.90 Å². The van der Waals surface area contributed by atoms with Crippen LogP contribution in [0.4, 0.5) is 0 Å². The normalized spacial score (nSPS) is 46.7. The second-order valence-corrected chi connectivity index (χ2v) is 18.2. The Morgan fingerprint density at radius 3 is 1.98 bits per heavy atom. The molecule has 3 aliphatic heterocycles. The van der Waals surface area contributed by atoms with E-state index in [1.54, 1.807) is 48.5 Å². The van der Waals surface area contributed by atoms with Crippen molar-refractivity contribution in [3.63, 3.8) is 0 Å². The predicted molar refractivity (Wildman–Crippen MR) is 201 cm³/mol. The highest BCUT2D eigenvalue weighted by Gasteiger charge is 2.55. The number of ketones is 1. The summed E-state index contributed by atoms with van der Waals surface area (Å²) in [4.78, 5) is 30.5. The molecule has 18 heteroatoms. The van der Waals surface area contributed by atoms with Crippen LogP contribution < -0.4 is 0 Å². The van der Waals surface area contributed by atoms with E-state index >= 15 is 0 Å². The van der Waals surface area contributed by atoms with Gasteiger partial charge >= 0.3 is 16.4 Å². The maximum absolute atomic E-state index is 14.3. The molecular formula is C38H69NO16S. The molecule has 0 spiro atoms. The minimum Gasteiger partial charge on any atom is -0.459 e. The third-order valence-electron chi connectivity index (χ3n) is 12.5. The van der Waals surface area contributed by atoms with E-state index in [4.69, 9.17) is 37.3 Å². The van der Waals surface area contributed by atoms with E-state index in [9.17, 15) is 37.9 Å². The molecule has 328 valence electrons. The van der Waals surface area contributed by atoms with Crippen molar-refractivity contribution < 1.29 is 75.2 Å². The Labute approximate surface area is 332 Å². The molecule has 0 aliphatic carbocycles. The first kappa shape index (κ1) is 49.0. The number of cyclic esters (lactones) is 1. The van der Waals surface area contributed by atoms with Crippen LogP contribution in [0.5, 0.6) is 0 Å². The minimum absolute atomic E-state index is 0.0444. The molecule has 0 bridgehead atoms. The predicted octanol–water partition coefficient (Wildman–Crippen LogP) is 2.27. The number of carbonyl (C=O) groups is 2. The summed E-state index contributed by atoms with van der Waals surface area (Å²) < 4.78 is 82.9. The summed E-state index contributed by atoms with van der Waals surface area (Å²) in [5, 5.41) is 34.5. The van der Waals surface area contributed by atoms with Crippen LogP contribution in [0, 0.1) is 23.7 Å². The van der Waals surface area contributed by atoms with Crippen LogP contribution in [-0.4, -0.2) is 158 Å². The molecule has 0 aromatic rings. The van der Waals surface area contributed by atoms with E-state index in [0.29, 0.717) is 6.42 Å². The van der Waals surface area contributed by atoms with E-state index in [0.717, 1.165) is 0 Å². The smallest absolute Gasteiger partial charge is 0.397 e. The molecule has 3 rings (SSSR count). The summed E-state index contributed by atoms with van der Waals surface area (Å²) in [5.74, 6) is -5.64. The number of Topliss-reactive ketones (excluding diaryl/α,β-unsaturated/α-hetero) is 1. The Kier molecular flexibility index (Phi) is 16.5. The van der Waals surface area contributed by atoms with Crippen LogP contribution in [0.1, 0.15) is 94.9 Å². The molecule has 0 aromatic carbocycles. The second-order valence-electron chi connectivity index (χ2n) is 17.1. The standard InChI is InChI=1S/C38H69NO16S/c1-15-26-38(10,44)33(55-56(45,46)47)21(4)28(40)19(2)17-37(9,49-14)32(54-35-29(41)25(39(11)12)16-20(3)50-35)22(5)30(23(6)34(43)52-26)53-27-18-36(8,48-13)31(42)24(7)51-27/h19-27,29-33,35,41-42,44H,15-18H2,1-14H3,(H,45,46,47)/t19-,20-,21+,22+,23-,24+,25+,26-,27+,29-,30+,31+,32-,33-,35+,36-,37-,38-/m1/s1. The van der Waals surface area contributed by atoms with Gasteiger partial charge in [0.25, 0.3) is 0 Å². The lowest BCUT2D eigenvalue weighted by atomic mass is 9.74. The molecular weight excluding hydrogens is 758 g/mol. The first-order chi connectivity index (χ1) is 25.7. The first-order valence-electron chi connectivity index (χ1n) is 19.5. The van der Waals surface area contributed by atoms with Gasteiger partial charge in [0.2, 0.25) is 0 Å². The van der Waals surface area contributed by atoms with Crippen molar-refractivity contribution in [1.29, 1.82) is 0 Å². The molecule has 18 atom stereocenters. The van der Waals surface area contributed by atoms with Gasteiger partial charge in [-0.05, 0) is 74.9 Å². The van der Waals surface area contributed by atoms with Crippen LogP contribution in [0.3, 0.4) is 0 Å². The van der Waals surface area contributed by atoms with E-state index in [-0.39, 0.29) is 31.4 Å². The van der Waals surface area contributed by atoms with Crippen LogP contribution in [0.2, 0.25) is 0 Å². The summed E-state index contributed by atoms with van der Waals surface area (Å²) in [6.07, 6.45) is -10.5. The Bertz CT molecular complexity index is 1430. The number of likely N-dealkylation sites (N-methyl/N-ethyl adjacent to an activating group) is 1. The monoisotopic (exact) mass is 827 g/mol. The highest BCUT2D eigenvalue weighted by Crippen LogP contribution is 2.42. The highest BCUT2D eigenvalue weighted by molar-refractivity contribution is 7.80. The van der Waals surface area contributed by atoms with Gasteiger partial charge < -0.3 is 53.4 Å². The van der Waals surface area contributed by atoms with Crippen molar-refractivity contribution in [2.45, 2.75) is 179 Å². The summed E-state index contributed by atoms with van der Waals surface area (Å²) in [5.41, 5.74) is -4.80. The molecule has 56 heavy (non-hydrogen) atoms. The molecule has 3 heterocycles. The van der Waals surface area contributed by atoms with Crippen molar-refractivity contribution in [3.8, 4) is 0 Å². The van der Waals surface area contributed by atoms with Gasteiger partial charge in [-0.2, -0.15) is 8.42 Å². The van der Waals surface area contributed by atoms with Gasteiger partial charge in [-0.25, -0.2) is 4.18 Å². The van der Waals surface area contributed by atoms with Gasteiger partial charge in [0.15, 0.2) is 12.6 Å². The topological polar surface area (TPSA) is 226 Å². The summed E-state index contributed by atoms with van der Waals surface area (Å²) in [6.45, 7) is 16.1. The van der Waals surface area contributed by atoms with Gasteiger partial charge in [0, 0.05) is 44.4 Å². The number of nitrogens with zero attached hydrogens (tertiary/aromatic N) is 1. The molecule has 0 radical (unpaired) electrons. The van der Waals surface area contributed by atoms with E-state index < -0.39 is 118 Å². The van der Waals surface area contributed by atoms with Gasteiger partial charge in [0.1, 0.15) is 35.8 Å². The molecule has 3 aliphatic rings. The molecule has 4 N–H and O–H groups in total. The van der Waals surface area contributed by atoms with Crippen molar-refractivity contribution in [2.24, 2.45) is 23.7 Å². The zero-order valence-corrected chi connectivity index (χ0v) is 36.3. The number of aliphatic hydroxyl groups excluding tert-OH is 2. The highest BCUT2D eigenvalue weighted by atomic mass is 32.3. The first-order valence-corrected chi connectivity index (χ1v) is 20.9. The molecule has 3 fully saturated rings. The van der Waals surface area contributed by atoms with Crippen molar-refractivity contribution >= 4 is 22.2 Å². The van der Waals surface area contributed by atoms with Crippen LogP contribution >= 0.6 is 0 Å². The quantitative estimate of drug-likeness (QED) is 0.183. The third kappa shape index (κ3) is 10.9. The van der Waals surface area contributed by atoms with E-state index in [2.05, 4.69) is 0 Å². The third-order valence-corrected chi connectivity index (χ3v) is 12.9. The zero-order chi connectivity index (χ0) is 42.9. The number of carbonyl (C=O) groups excluding carboxylic acids is 2. The molecule has 0 saturated carbocycles. The number of rotatable bonds is 10. The van der Waals surface area contributed by atoms with Crippen molar-refractivity contribution in [2.75, 3.05) is 28.3 Å². The molecule has 0 aromatic heterocycles. The molecule has 3 saturated heterocycles. The number of hydrogen-bond donors (Lipinski definition) is 4. The number of aliphatic hydroxyl groups is 3. The fourth-order valence-electron chi connectivity index (χ4n) is 8.88. The molecule has 0 unspecified atom stereocenters. The summed E-state index contributed by atoms with van der Waals surface area (Å²) in [7, 11) is 1.35. The Morgan fingerprint density at radius 2 is 1.46 bits per heavy atom. The molecule has 17 nitrogen and oxygen atoms in total. The SMILES string of the molecule is CC[C@H]1OC(=O)[C@H](C)[C@@H](O[C@H]2C[C@@](C)(OC)[C@@H](O)[C@H](C)O2)[C@H](C)[C@@H](O[C@@H]2O[C@H](C)C[C@H](N(C)C)[C@H]2O)[C@](C)(OC)C[C@@H](C)C(=O)[C@H](C)[C@@H](OS(=O)(=O)O)[C@]1(C)O. The van der Waals surface area contributed by atoms with Gasteiger partial charge in [0.05, 0.1) is 41.5 Å². The number of methoxy groups -OCH3 is 2. The fraction of sp³-hybridized carbons (Fsp3) is 0.947. The van der Waals surface area contributed by atoms with Crippen LogP contribution in [0.25, 0.3) is 0 Å². The average molecular weight is 828 g/mol. The largest absolute Gasteiger partial charge is 0.459 e. The second kappa shape index (κ2) is 18.9. The lowest BCUT2D eigenvalue weighted by molar-refractivity contribution is -0.319. The van der Waals surface area contributed by atoms with E-state index in [1.807, 2.05) is 25.9 Å². The number of esters is 1. The van der Waals surface area contributed by atoms with Gasteiger partial charge in [-0.15, -0.1) is 0 Å². The Balaban J connectivity index is 2.28. The van der Waals surface area contributed by atoms with E-state index in [1.165, 1.54) is 28.1 Å². The maximum Gasteiger partial charge on any atom is 0.397 e. The van der Waals surface area contributed by atoms with Gasteiger partial charge in [-0.3, -0.25) is 14.1 Å². The average Bonchev–Trinajstić information content (AvgIpc) is 3.11. The summed E-state index contributed by atoms with van der Waals surface area (Å²) in [6, 6.07) is -0.345. The summed E-state index contributed by atoms with van der Waals surface area (Å²) >= 11 is 0. The molecule has 0 amide bonds. The van der Waals surface area contributed by atoms with Crippen LogP contribution in [0.15, 0.2) is 0 Å². The Morgan fingerprint density at radius 1 is 0.875 bits per heavy atom. The zero-order valence-electron chi connectivity index (χ0n) is 35.5. The Hall–Kier alpha value is -1.39. The number of hydrogen-bond acceptors (Lipinski definition) is 16. The number of ether oxygens (including phenoxy) is 7. The maximum atomic E-state index is 14.3. The lowest BCUT2D eigenvalue weighted by Crippen LogP contribution is -2.61. The van der Waals surface area contributed by atoms with Crippen molar-refractivity contribution in [3.05, 3.63) is 0 Å². The van der Waals surface area contributed by atoms with Gasteiger partial charge in [-0.1, -0.05) is 27.7 Å². The lowest BCUT2D eigenvalue weighted by Gasteiger charge is -2.50. The fourth-order valence-corrected chi connectivity index (χ4v) is 9.51. The minimum atomic E-state index is -5.23. The van der Waals surface area contributed by atoms with Crippen LogP contribution in [-0.2, 0) is 57.3 Å².